The highest BCUT2D eigenvalue weighted by Gasteiger charge is 2.77. The lowest BCUT2D eigenvalue weighted by Gasteiger charge is -2.33. The van der Waals surface area contributed by atoms with E-state index in [1.54, 1.807) is 0 Å². The maximum Gasteiger partial charge on any atom is 0.224 e. The first-order valence-corrected chi connectivity index (χ1v) is 9.11. The second-order valence-corrected chi connectivity index (χ2v) is 9.12. The summed E-state index contributed by atoms with van der Waals surface area (Å²) >= 11 is 2.19. The first-order valence-electron chi connectivity index (χ1n) is 8.17. The molecule has 110 valence electrons. The van der Waals surface area contributed by atoms with Crippen LogP contribution in [-0.4, -0.2) is 16.4 Å². The molecule has 5 fully saturated rings. The van der Waals surface area contributed by atoms with E-state index in [9.17, 15) is 4.79 Å². The van der Waals surface area contributed by atoms with Gasteiger partial charge in [0.2, 0.25) is 5.91 Å². The molecule has 1 aromatic rings. The summed E-state index contributed by atoms with van der Waals surface area (Å²) in [5.74, 6) is 1.18. The van der Waals surface area contributed by atoms with E-state index >= 15 is 0 Å². The van der Waals surface area contributed by atoms with Crippen LogP contribution < -0.4 is 5.73 Å². The van der Waals surface area contributed by atoms with Crippen LogP contribution >= 0.6 is 11.8 Å². The summed E-state index contributed by atoms with van der Waals surface area (Å²) in [7, 11) is 0. The summed E-state index contributed by atoms with van der Waals surface area (Å²) < 4.78 is 0. The summed E-state index contributed by atoms with van der Waals surface area (Å²) in [6, 6.07) is 10.9. The van der Waals surface area contributed by atoms with Crippen LogP contribution in [0.4, 0.5) is 0 Å². The van der Waals surface area contributed by atoms with Crippen molar-refractivity contribution in [3.63, 3.8) is 0 Å². The maximum atomic E-state index is 12.3. The van der Waals surface area contributed by atoms with Gasteiger partial charge in [0.05, 0.1) is 5.41 Å². The van der Waals surface area contributed by atoms with Crippen molar-refractivity contribution < 1.29 is 4.79 Å². The van der Waals surface area contributed by atoms with Crippen LogP contribution in [0.1, 0.15) is 37.7 Å². The molecule has 3 heteroatoms. The number of benzene rings is 1. The Hall–Kier alpha value is -0.960. The fourth-order valence-corrected chi connectivity index (χ4v) is 7.73. The van der Waals surface area contributed by atoms with E-state index in [1.807, 2.05) is 0 Å². The molecule has 0 radical (unpaired) electrons. The highest BCUT2D eigenvalue weighted by molar-refractivity contribution is 8.00. The minimum absolute atomic E-state index is 0.0216. The largest absolute Gasteiger partial charge is 0.369 e. The quantitative estimate of drug-likeness (QED) is 0.928. The van der Waals surface area contributed by atoms with Crippen molar-refractivity contribution >= 4 is 17.7 Å². The number of amides is 1. The van der Waals surface area contributed by atoms with Gasteiger partial charge in [0.1, 0.15) is 0 Å². The van der Waals surface area contributed by atoms with Gasteiger partial charge in [-0.05, 0) is 49.5 Å². The van der Waals surface area contributed by atoms with Crippen LogP contribution in [0.5, 0.6) is 0 Å². The Balaban J connectivity index is 1.59. The molecular formula is C18H21NOS. The zero-order valence-corrected chi connectivity index (χ0v) is 12.9. The van der Waals surface area contributed by atoms with E-state index < -0.39 is 0 Å². The van der Waals surface area contributed by atoms with E-state index in [0.29, 0.717) is 17.1 Å². The van der Waals surface area contributed by atoms with E-state index in [1.165, 1.54) is 24.8 Å². The van der Waals surface area contributed by atoms with Crippen molar-refractivity contribution in [1.29, 1.82) is 0 Å². The van der Waals surface area contributed by atoms with Gasteiger partial charge in [-0.1, -0.05) is 30.3 Å². The zero-order valence-electron chi connectivity index (χ0n) is 12.1. The molecule has 6 rings (SSSR count). The Labute approximate surface area is 129 Å². The second-order valence-electron chi connectivity index (χ2n) is 7.64. The van der Waals surface area contributed by atoms with Gasteiger partial charge >= 0.3 is 0 Å². The lowest BCUT2D eigenvalue weighted by Crippen LogP contribution is -2.39. The van der Waals surface area contributed by atoms with Crippen LogP contribution in [0.2, 0.25) is 0 Å². The van der Waals surface area contributed by atoms with Gasteiger partial charge in [-0.2, -0.15) is 11.8 Å². The molecule has 4 bridgehead atoms. The Bertz CT molecular complexity index is 613. The number of rotatable bonds is 4. The fraction of sp³-hybridized carbons (Fsp3) is 0.611. The van der Waals surface area contributed by atoms with Gasteiger partial charge in [0, 0.05) is 15.9 Å². The average Bonchev–Trinajstić information content (AvgIpc) is 2.93. The standard InChI is InChI=1S/C18H21NOS/c19-16(20)18-9-13-15(21-12-6-7-12)14(18)8-17(13,10-18)11-4-2-1-3-5-11/h1-5,12-15H,6-10H2,(H2,19,20). The highest BCUT2D eigenvalue weighted by atomic mass is 32.2. The van der Waals surface area contributed by atoms with Gasteiger partial charge < -0.3 is 5.73 Å². The Morgan fingerprint density at radius 1 is 1.14 bits per heavy atom. The fourth-order valence-electron chi connectivity index (χ4n) is 5.78. The maximum absolute atomic E-state index is 12.3. The smallest absolute Gasteiger partial charge is 0.224 e. The molecule has 2 nitrogen and oxygen atoms in total. The van der Waals surface area contributed by atoms with Crippen molar-refractivity contribution in [2.45, 2.75) is 48.0 Å². The Morgan fingerprint density at radius 3 is 2.52 bits per heavy atom. The highest BCUT2D eigenvalue weighted by Crippen LogP contribution is 2.78. The van der Waals surface area contributed by atoms with Gasteiger partial charge in [-0.25, -0.2) is 0 Å². The number of hydrogen-bond acceptors (Lipinski definition) is 2. The van der Waals surface area contributed by atoms with Gasteiger partial charge in [0.25, 0.3) is 0 Å². The van der Waals surface area contributed by atoms with Gasteiger partial charge in [0.15, 0.2) is 0 Å². The molecule has 0 aromatic heterocycles. The van der Waals surface area contributed by atoms with Crippen LogP contribution in [0.3, 0.4) is 0 Å². The number of thioether (sulfide) groups is 1. The number of primary amides is 1. The van der Waals surface area contributed by atoms with E-state index in [0.717, 1.165) is 18.1 Å². The molecule has 0 saturated heterocycles. The summed E-state index contributed by atoms with van der Waals surface area (Å²) in [6.45, 7) is 0. The van der Waals surface area contributed by atoms with E-state index in [4.69, 9.17) is 5.73 Å². The molecule has 5 unspecified atom stereocenters. The monoisotopic (exact) mass is 299 g/mol. The van der Waals surface area contributed by atoms with E-state index in [-0.39, 0.29) is 16.7 Å². The first-order chi connectivity index (χ1) is 10.2. The third-order valence-electron chi connectivity index (χ3n) is 6.73. The van der Waals surface area contributed by atoms with Crippen molar-refractivity contribution in [3.05, 3.63) is 35.9 Å². The van der Waals surface area contributed by atoms with Crippen LogP contribution in [0, 0.1) is 17.3 Å². The predicted molar refractivity (Wildman–Crippen MR) is 85.0 cm³/mol. The van der Waals surface area contributed by atoms with Gasteiger partial charge in [-0.15, -0.1) is 0 Å². The third-order valence-corrected chi connectivity index (χ3v) is 8.55. The molecule has 5 atom stereocenters. The van der Waals surface area contributed by atoms with Crippen LogP contribution in [-0.2, 0) is 10.2 Å². The lowest BCUT2D eigenvalue weighted by atomic mass is 9.74. The predicted octanol–water partition coefficient (Wildman–Crippen LogP) is 3.10. The molecule has 0 aliphatic heterocycles. The summed E-state index contributed by atoms with van der Waals surface area (Å²) in [5, 5.41) is 1.55. The van der Waals surface area contributed by atoms with E-state index in [2.05, 4.69) is 42.1 Å². The SMILES string of the molecule is NC(=O)C12CC3C(SC4CC4)C1CC3(c1ccccc1)C2. The number of hydrogen-bond donors (Lipinski definition) is 1. The molecule has 1 aromatic carbocycles. The van der Waals surface area contributed by atoms with Gasteiger partial charge in [-0.3, -0.25) is 4.79 Å². The zero-order chi connectivity index (χ0) is 14.2. The second kappa shape index (κ2) is 3.87. The molecule has 5 aliphatic carbocycles. The normalized spacial score (nSPS) is 46.4. The Morgan fingerprint density at radius 2 is 1.90 bits per heavy atom. The van der Waals surface area contributed by atoms with Crippen molar-refractivity contribution in [3.8, 4) is 0 Å². The topological polar surface area (TPSA) is 43.1 Å². The average molecular weight is 299 g/mol. The summed E-state index contributed by atoms with van der Waals surface area (Å²) in [5.41, 5.74) is 7.40. The van der Waals surface area contributed by atoms with Crippen LogP contribution in [0.15, 0.2) is 30.3 Å². The number of nitrogens with two attached hydrogens (primary N) is 1. The summed E-state index contributed by atoms with van der Waals surface area (Å²) in [4.78, 5) is 12.3. The third kappa shape index (κ3) is 1.44. The van der Waals surface area contributed by atoms with Crippen molar-refractivity contribution in [2.24, 2.45) is 23.0 Å². The minimum Gasteiger partial charge on any atom is -0.369 e. The molecular weight excluding hydrogens is 278 g/mol. The van der Waals surface area contributed by atoms with Crippen LogP contribution in [0.25, 0.3) is 0 Å². The number of carbonyl (C=O) groups is 1. The Kier molecular flexibility index (Phi) is 2.31. The van der Waals surface area contributed by atoms with Crippen molar-refractivity contribution in [1.82, 2.24) is 0 Å². The lowest BCUT2D eigenvalue weighted by molar-refractivity contribution is -0.128. The first kappa shape index (κ1) is 12.6. The minimum atomic E-state index is -0.187. The van der Waals surface area contributed by atoms with Crippen molar-refractivity contribution in [2.75, 3.05) is 0 Å². The molecule has 1 amide bonds. The molecule has 5 aliphatic rings. The molecule has 5 saturated carbocycles. The number of carbonyl (C=O) groups excluding carboxylic acids is 1. The molecule has 0 heterocycles. The molecule has 0 spiro atoms. The molecule has 21 heavy (non-hydrogen) atoms. The molecule has 2 N–H and O–H groups in total. The summed E-state index contributed by atoms with van der Waals surface area (Å²) in [6.07, 6.45) is 6.00.